The van der Waals surface area contributed by atoms with Gasteiger partial charge in [0.15, 0.2) is 0 Å². The Morgan fingerprint density at radius 3 is 2.44 bits per heavy atom. The molecule has 2 N–H and O–H groups in total. The summed E-state index contributed by atoms with van der Waals surface area (Å²) in [5, 5.41) is 6.90. The third-order valence-corrected chi connectivity index (χ3v) is 4.50. The van der Waals surface area contributed by atoms with E-state index in [1.165, 1.54) is 23.3 Å². The molecule has 0 saturated heterocycles. The number of hydrogen-bond acceptors (Lipinski definition) is 3. The fraction of sp³-hybridized carbons (Fsp3) is 0.600. The van der Waals surface area contributed by atoms with Gasteiger partial charge in [-0.3, -0.25) is 0 Å². The van der Waals surface area contributed by atoms with E-state index in [1.807, 2.05) is 7.05 Å². The summed E-state index contributed by atoms with van der Waals surface area (Å²) in [4.78, 5) is 1.35. The van der Waals surface area contributed by atoms with Crippen LogP contribution < -0.4 is 10.6 Å². The number of hydrogen-bond donors (Lipinski definition) is 2. The second-order valence-corrected chi connectivity index (χ2v) is 6.18. The molecule has 1 saturated carbocycles. The smallest absolute Gasteiger partial charge is 0.00693 e. The van der Waals surface area contributed by atoms with E-state index >= 15 is 0 Å². The maximum atomic E-state index is 3.60. The molecule has 1 aliphatic rings. The Balaban J connectivity index is 1.65. The molecule has 0 bridgehead atoms. The molecule has 2 nitrogen and oxygen atoms in total. The summed E-state index contributed by atoms with van der Waals surface area (Å²) in [6.45, 7) is 3.41. The third kappa shape index (κ3) is 4.01. The van der Waals surface area contributed by atoms with Crippen molar-refractivity contribution in [3.05, 3.63) is 29.8 Å². The second-order valence-electron chi connectivity index (χ2n) is 5.31. The fourth-order valence-corrected chi connectivity index (χ4v) is 2.75. The van der Waals surface area contributed by atoms with Crippen LogP contribution in [0.4, 0.5) is 0 Å². The minimum Gasteiger partial charge on any atom is -0.319 e. The van der Waals surface area contributed by atoms with Crippen LogP contribution in [0.25, 0.3) is 0 Å². The number of benzene rings is 1. The van der Waals surface area contributed by atoms with Crippen molar-refractivity contribution in [2.75, 3.05) is 32.9 Å². The predicted molar refractivity (Wildman–Crippen MR) is 80.4 cm³/mol. The number of rotatable bonds is 8. The zero-order chi connectivity index (χ0) is 12.8. The van der Waals surface area contributed by atoms with Gasteiger partial charge in [0, 0.05) is 18.0 Å². The molecule has 100 valence electrons. The summed E-state index contributed by atoms with van der Waals surface area (Å²) in [6.07, 6.45) is 6.00. The highest BCUT2D eigenvalue weighted by molar-refractivity contribution is 7.98. The summed E-state index contributed by atoms with van der Waals surface area (Å²) in [6, 6.07) is 8.91. The van der Waals surface area contributed by atoms with Gasteiger partial charge < -0.3 is 10.6 Å². The lowest BCUT2D eigenvalue weighted by Crippen LogP contribution is -2.32. The SMILES string of the molecule is CNCC1(CNCCc2ccc(SC)cc2)CC1. The normalized spacial score (nSPS) is 16.8. The van der Waals surface area contributed by atoms with Crippen LogP contribution >= 0.6 is 11.8 Å². The molecule has 0 atom stereocenters. The van der Waals surface area contributed by atoms with Crippen molar-refractivity contribution < 1.29 is 0 Å². The van der Waals surface area contributed by atoms with Gasteiger partial charge in [-0.25, -0.2) is 0 Å². The van der Waals surface area contributed by atoms with Crippen LogP contribution in [0.15, 0.2) is 29.2 Å². The highest BCUT2D eigenvalue weighted by Gasteiger charge is 2.41. The molecule has 1 fully saturated rings. The molecule has 3 heteroatoms. The highest BCUT2D eigenvalue weighted by Crippen LogP contribution is 2.44. The molecule has 0 aromatic heterocycles. The lowest BCUT2D eigenvalue weighted by Gasteiger charge is -2.15. The van der Waals surface area contributed by atoms with Gasteiger partial charge in [-0.1, -0.05) is 12.1 Å². The van der Waals surface area contributed by atoms with Crippen LogP contribution in [-0.4, -0.2) is 32.9 Å². The molecule has 18 heavy (non-hydrogen) atoms. The van der Waals surface area contributed by atoms with Gasteiger partial charge in [-0.05, 0) is 62.2 Å². The van der Waals surface area contributed by atoms with Gasteiger partial charge in [0.05, 0.1) is 0 Å². The average molecular weight is 264 g/mol. The van der Waals surface area contributed by atoms with Crippen LogP contribution in [0.1, 0.15) is 18.4 Å². The zero-order valence-corrected chi connectivity index (χ0v) is 12.3. The van der Waals surface area contributed by atoms with E-state index in [9.17, 15) is 0 Å². The summed E-state index contributed by atoms with van der Waals surface area (Å²) < 4.78 is 0. The summed E-state index contributed by atoms with van der Waals surface area (Å²) in [7, 11) is 2.05. The van der Waals surface area contributed by atoms with Crippen LogP contribution in [0.3, 0.4) is 0 Å². The largest absolute Gasteiger partial charge is 0.319 e. The van der Waals surface area contributed by atoms with E-state index in [0.29, 0.717) is 5.41 Å². The van der Waals surface area contributed by atoms with Crippen LogP contribution in [0.2, 0.25) is 0 Å². The lowest BCUT2D eigenvalue weighted by molar-refractivity contribution is 0.441. The first-order valence-corrected chi connectivity index (χ1v) is 7.99. The number of nitrogens with one attached hydrogen (secondary N) is 2. The summed E-state index contributed by atoms with van der Waals surface area (Å²) in [5.41, 5.74) is 2.00. The van der Waals surface area contributed by atoms with Gasteiger partial charge in [0.25, 0.3) is 0 Å². The monoisotopic (exact) mass is 264 g/mol. The minimum absolute atomic E-state index is 0.567. The van der Waals surface area contributed by atoms with Crippen molar-refractivity contribution in [3.63, 3.8) is 0 Å². The molecule has 0 unspecified atom stereocenters. The van der Waals surface area contributed by atoms with Gasteiger partial charge in [-0.15, -0.1) is 11.8 Å². The van der Waals surface area contributed by atoms with Crippen molar-refractivity contribution in [1.82, 2.24) is 10.6 Å². The quantitative estimate of drug-likeness (QED) is 0.557. The van der Waals surface area contributed by atoms with E-state index in [2.05, 4.69) is 41.2 Å². The van der Waals surface area contributed by atoms with Crippen LogP contribution in [-0.2, 0) is 6.42 Å². The van der Waals surface area contributed by atoms with Gasteiger partial charge in [-0.2, -0.15) is 0 Å². The van der Waals surface area contributed by atoms with E-state index in [4.69, 9.17) is 0 Å². The van der Waals surface area contributed by atoms with Crippen LogP contribution in [0, 0.1) is 5.41 Å². The van der Waals surface area contributed by atoms with Gasteiger partial charge >= 0.3 is 0 Å². The molecule has 0 aliphatic heterocycles. The zero-order valence-electron chi connectivity index (χ0n) is 11.5. The predicted octanol–water partition coefficient (Wildman–Crippen LogP) is 2.54. The molecule has 0 heterocycles. The average Bonchev–Trinajstić information content (AvgIpc) is 3.16. The summed E-state index contributed by atoms with van der Waals surface area (Å²) in [5.74, 6) is 0. The second kappa shape index (κ2) is 6.60. The Bertz CT molecular complexity index is 357. The first-order valence-electron chi connectivity index (χ1n) is 6.76. The topological polar surface area (TPSA) is 24.1 Å². The van der Waals surface area contributed by atoms with Gasteiger partial charge in [0.1, 0.15) is 0 Å². The van der Waals surface area contributed by atoms with Crippen LogP contribution in [0.5, 0.6) is 0 Å². The molecule has 1 aliphatic carbocycles. The van der Waals surface area contributed by atoms with E-state index in [-0.39, 0.29) is 0 Å². The van der Waals surface area contributed by atoms with E-state index in [1.54, 1.807) is 11.8 Å². The third-order valence-electron chi connectivity index (χ3n) is 3.76. The summed E-state index contributed by atoms with van der Waals surface area (Å²) >= 11 is 1.80. The minimum atomic E-state index is 0.567. The molecular formula is C15H24N2S. The first kappa shape index (κ1) is 13.9. The Kier molecular flexibility index (Phi) is 5.10. The Labute approximate surface area is 115 Å². The van der Waals surface area contributed by atoms with Crippen molar-refractivity contribution in [1.29, 1.82) is 0 Å². The first-order chi connectivity index (χ1) is 8.78. The Morgan fingerprint density at radius 1 is 1.17 bits per heavy atom. The van der Waals surface area contributed by atoms with Gasteiger partial charge in [0.2, 0.25) is 0 Å². The fourth-order valence-electron chi connectivity index (χ4n) is 2.35. The Hall–Kier alpha value is -0.510. The molecular weight excluding hydrogens is 240 g/mol. The number of thioether (sulfide) groups is 1. The van der Waals surface area contributed by atoms with E-state index < -0.39 is 0 Å². The maximum Gasteiger partial charge on any atom is 0.00693 e. The van der Waals surface area contributed by atoms with Crippen molar-refractivity contribution in [2.24, 2.45) is 5.41 Å². The van der Waals surface area contributed by atoms with Crippen molar-refractivity contribution in [2.45, 2.75) is 24.2 Å². The molecule has 0 spiro atoms. The highest BCUT2D eigenvalue weighted by atomic mass is 32.2. The maximum absolute atomic E-state index is 3.60. The molecule has 0 amide bonds. The van der Waals surface area contributed by atoms with Crippen molar-refractivity contribution >= 4 is 11.8 Å². The molecule has 2 rings (SSSR count). The standard InChI is InChI=1S/C15H24N2S/c1-16-11-15(8-9-15)12-17-10-7-13-3-5-14(18-2)6-4-13/h3-6,16-17H,7-12H2,1-2H3. The molecule has 1 aromatic rings. The lowest BCUT2D eigenvalue weighted by atomic mass is 10.1. The van der Waals surface area contributed by atoms with E-state index in [0.717, 1.165) is 26.1 Å². The van der Waals surface area contributed by atoms with Crippen molar-refractivity contribution in [3.8, 4) is 0 Å². The molecule has 0 radical (unpaired) electrons. The molecule has 1 aromatic carbocycles. The Morgan fingerprint density at radius 2 is 1.89 bits per heavy atom.